The first-order chi connectivity index (χ1) is 13.4. The largest absolute Gasteiger partial charge is 0.481 e. The number of benzene rings is 2. The minimum Gasteiger partial charge on any atom is -0.481 e. The Balaban J connectivity index is 2.02. The zero-order valence-corrected chi connectivity index (χ0v) is 17.1. The topological polar surface area (TPSA) is 37.3 Å². The molecule has 154 valence electrons. The van der Waals surface area contributed by atoms with E-state index in [1.807, 2.05) is 55.5 Å². The summed E-state index contributed by atoms with van der Waals surface area (Å²) in [4.78, 5) is 12.3. The Bertz CT molecular complexity index is 964. The lowest BCUT2D eigenvalue weighted by Gasteiger charge is -2.19. The molecule has 0 spiro atoms. The maximum Gasteiger partial charge on any atom is 0.426 e. The van der Waals surface area contributed by atoms with Crippen LogP contribution in [0.4, 0.5) is 13.2 Å². The van der Waals surface area contributed by atoms with Crippen LogP contribution in [0.25, 0.3) is 11.1 Å². The molecule has 2 nitrogen and oxygen atoms in total. The molecule has 1 aliphatic carbocycles. The molecule has 0 bridgehead atoms. The van der Waals surface area contributed by atoms with E-state index in [4.69, 9.17) is 11.6 Å². The molecule has 0 amide bonds. The molecule has 29 heavy (non-hydrogen) atoms. The number of alkyl halides is 3. The maximum absolute atomic E-state index is 12.9. The second-order valence-corrected chi connectivity index (χ2v) is 8.53. The summed E-state index contributed by atoms with van der Waals surface area (Å²) < 4.78 is 38.8. The third-order valence-electron chi connectivity index (χ3n) is 6.34. The predicted molar refractivity (Wildman–Crippen MR) is 108 cm³/mol. The van der Waals surface area contributed by atoms with Crippen molar-refractivity contribution in [2.24, 2.45) is 16.7 Å². The van der Waals surface area contributed by atoms with E-state index >= 15 is 0 Å². The van der Waals surface area contributed by atoms with Crippen LogP contribution in [0.1, 0.15) is 25.0 Å². The van der Waals surface area contributed by atoms with E-state index in [1.54, 1.807) is 13.8 Å². The van der Waals surface area contributed by atoms with Gasteiger partial charge in [-0.25, -0.2) is 0 Å². The first-order valence-electron chi connectivity index (χ1n) is 9.24. The van der Waals surface area contributed by atoms with Gasteiger partial charge in [0.1, 0.15) is 5.03 Å². The average molecular weight is 423 g/mol. The molecule has 0 unspecified atom stereocenters. The zero-order chi connectivity index (χ0) is 21.6. The Kier molecular flexibility index (Phi) is 5.33. The lowest BCUT2D eigenvalue weighted by Crippen LogP contribution is -2.25. The van der Waals surface area contributed by atoms with Gasteiger partial charge in [0.05, 0.1) is 5.41 Å². The zero-order valence-electron chi connectivity index (χ0n) is 16.3. The highest BCUT2D eigenvalue weighted by molar-refractivity contribution is 6.30. The number of hydrogen-bond donors (Lipinski definition) is 1. The van der Waals surface area contributed by atoms with Crippen LogP contribution < -0.4 is 0 Å². The van der Waals surface area contributed by atoms with E-state index in [0.717, 1.165) is 28.3 Å². The first kappa shape index (κ1) is 21.4. The molecule has 2 aromatic rings. The van der Waals surface area contributed by atoms with Crippen molar-refractivity contribution in [2.75, 3.05) is 0 Å². The van der Waals surface area contributed by atoms with Crippen molar-refractivity contribution in [2.45, 2.75) is 33.4 Å². The second-order valence-electron chi connectivity index (χ2n) is 8.12. The van der Waals surface area contributed by atoms with Crippen LogP contribution in [-0.2, 0) is 11.2 Å². The third kappa shape index (κ3) is 3.57. The summed E-state index contributed by atoms with van der Waals surface area (Å²) in [7, 11) is 0. The van der Waals surface area contributed by atoms with Crippen molar-refractivity contribution >= 4 is 17.6 Å². The summed E-state index contributed by atoms with van der Waals surface area (Å²) >= 11 is 5.43. The van der Waals surface area contributed by atoms with Crippen LogP contribution in [0.5, 0.6) is 0 Å². The predicted octanol–water partition coefficient (Wildman–Crippen LogP) is 6.62. The van der Waals surface area contributed by atoms with E-state index in [2.05, 4.69) is 0 Å². The molecule has 1 fully saturated rings. The highest BCUT2D eigenvalue weighted by atomic mass is 35.5. The summed E-state index contributed by atoms with van der Waals surface area (Å²) in [5, 5.41) is 8.74. The van der Waals surface area contributed by atoms with Crippen molar-refractivity contribution in [3.8, 4) is 11.1 Å². The number of carboxylic acids is 1. The SMILES string of the molecule is Cc1c(C[C@]2(C(=O)O)[C@@H](/C=C(\Cl)C(F)(F)F)C2(C)C)cccc1-c1ccccc1. The molecule has 0 radical (unpaired) electrons. The van der Waals surface area contributed by atoms with E-state index < -0.39 is 33.9 Å². The summed E-state index contributed by atoms with van der Waals surface area (Å²) in [6.07, 6.45) is -3.69. The van der Waals surface area contributed by atoms with Crippen molar-refractivity contribution in [3.05, 3.63) is 70.8 Å². The van der Waals surface area contributed by atoms with Gasteiger partial charge in [-0.3, -0.25) is 4.79 Å². The fourth-order valence-corrected chi connectivity index (χ4v) is 4.54. The molecule has 1 saturated carbocycles. The van der Waals surface area contributed by atoms with Gasteiger partial charge in [0, 0.05) is 5.92 Å². The van der Waals surface area contributed by atoms with Crippen LogP contribution in [0.2, 0.25) is 0 Å². The number of aliphatic carboxylic acids is 1. The Morgan fingerprint density at radius 1 is 1.14 bits per heavy atom. The number of hydrogen-bond acceptors (Lipinski definition) is 1. The van der Waals surface area contributed by atoms with Crippen molar-refractivity contribution in [1.82, 2.24) is 0 Å². The molecule has 6 heteroatoms. The quantitative estimate of drug-likeness (QED) is 0.588. The number of allylic oxidation sites excluding steroid dienone is 2. The Labute approximate surface area is 173 Å². The average Bonchev–Trinajstić information content (AvgIpc) is 3.11. The molecule has 0 aliphatic heterocycles. The number of rotatable bonds is 5. The fraction of sp³-hybridized carbons (Fsp3) is 0.348. The first-order valence-corrected chi connectivity index (χ1v) is 9.62. The lowest BCUT2D eigenvalue weighted by atomic mass is 9.85. The van der Waals surface area contributed by atoms with Gasteiger partial charge in [-0.2, -0.15) is 13.2 Å². The minimum atomic E-state index is -4.69. The number of carboxylic acid groups (broad SMARTS) is 1. The minimum absolute atomic E-state index is 0.130. The molecule has 1 N–H and O–H groups in total. The Morgan fingerprint density at radius 2 is 1.76 bits per heavy atom. The van der Waals surface area contributed by atoms with Gasteiger partial charge in [0.15, 0.2) is 0 Å². The maximum atomic E-state index is 12.9. The van der Waals surface area contributed by atoms with E-state index in [1.165, 1.54) is 0 Å². The summed E-state index contributed by atoms with van der Waals surface area (Å²) in [5.74, 6) is -1.93. The van der Waals surface area contributed by atoms with E-state index in [-0.39, 0.29) is 6.42 Å². The monoisotopic (exact) mass is 422 g/mol. The molecule has 2 aromatic carbocycles. The highest BCUT2D eigenvalue weighted by Gasteiger charge is 2.74. The van der Waals surface area contributed by atoms with Gasteiger partial charge in [-0.05, 0) is 41.0 Å². The second kappa shape index (κ2) is 7.21. The van der Waals surface area contributed by atoms with Gasteiger partial charge in [-0.1, -0.05) is 80.1 Å². The van der Waals surface area contributed by atoms with Gasteiger partial charge < -0.3 is 5.11 Å². The smallest absolute Gasteiger partial charge is 0.426 e. The molecule has 3 rings (SSSR count). The normalized spacial score (nSPS) is 23.7. The molecular formula is C23H22ClF3O2. The van der Waals surface area contributed by atoms with Gasteiger partial charge in [0.2, 0.25) is 0 Å². The summed E-state index contributed by atoms with van der Waals surface area (Å²) in [5.41, 5.74) is 1.50. The van der Waals surface area contributed by atoms with Crippen LogP contribution in [0.15, 0.2) is 59.6 Å². The molecule has 0 aromatic heterocycles. The molecular weight excluding hydrogens is 401 g/mol. The standard InChI is InChI=1S/C23H22ClF3O2/c1-14-16(10-7-11-17(14)15-8-5-4-6-9-15)13-22(20(28)29)18(21(22,2)3)12-19(24)23(25,26)27/h4-12,18H,13H2,1-3H3,(H,28,29)/b19-12-/t18-,22+/m0/s1. The molecule has 0 saturated heterocycles. The van der Waals surface area contributed by atoms with Crippen molar-refractivity contribution in [3.63, 3.8) is 0 Å². The Morgan fingerprint density at radius 3 is 2.31 bits per heavy atom. The molecule has 2 atom stereocenters. The van der Waals surface area contributed by atoms with E-state index in [0.29, 0.717) is 0 Å². The number of halogens is 4. The van der Waals surface area contributed by atoms with Gasteiger partial charge in [-0.15, -0.1) is 0 Å². The molecule has 1 aliphatic rings. The third-order valence-corrected chi connectivity index (χ3v) is 6.68. The molecule has 0 heterocycles. The highest BCUT2D eigenvalue weighted by Crippen LogP contribution is 2.71. The van der Waals surface area contributed by atoms with Crippen LogP contribution in [0.3, 0.4) is 0 Å². The van der Waals surface area contributed by atoms with Crippen molar-refractivity contribution in [1.29, 1.82) is 0 Å². The van der Waals surface area contributed by atoms with E-state index in [9.17, 15) is 23.1 Å². The summed E-state index contributed by atoms with van der Waals surface area (Å²) in [6, 6.07) is 15.3. The van der Waals surface area contributed by atoms with Gasteiger partial charge in [0.25, 0.3) is 0 Å². The summed E-state index contributed by atoms with van der Waals surface area (Å²) in [6.45, 7) is 5.27. The number of carbonyl (C=O) groups is 1. The van der Waals surface area contributed by atoms with Crippen LogP contribution in [0, 0.1) is 23.7 Å². The van der Waals surface area contributed by atoms with Crippen molar-refractivity contribution < 1.29 is 23.1 Å². The Hall–Kier alpha value is -2.27. The fourth-order valence-electron chi connectivity index (χ4n) is 4.41. The van der Waals surface area contributed by atoms with Crippen LogP contribution >= 0.6 is 11.6 Å². The van der Waals surface area contributed by atoms with Gasteiger partial charge >= 0.3 is 12.1 Å². The van der Waals surface area contributed by atoms with Crippen LogP contribution in [-0.4, -0.2) is 17.3 Å². The lowest BCUT2D eigenvalue weighted by molar-refractivity contribution is -0.145.